The summed E-state index contributed by atoms with van der Waals surface area (Å²) < 4.78 is 5.70. The number of carbonyl (C=O) groups is 1. The maximum Gasteiger partial charge on any atom is 0.270 e. The van der Waals surface area contributed by atoms with Crippen molar-refractivity contribution < 1.29 is 9.53 Å². The standard InChI is InChI=1S/C14H24N4O2S.2ClH/c1-10-7-18(8-11(2)20-10)5-3-4-16-14(19)12-9-21-13(6-15)17-12;;/h9-11H,3-8,15H2,1-2H3,(H,16,19);2*1H. The van der Waals surface area contributed by atoms with Gasteiger partial charge in [0.1, 0.15) is 10.7 Å². The molecule has 0 saturated carbocycles. The molecule has 1 aromatic rings. The van der Waals surface area contributed by atoms with Gasteiger partial charge in [-0.1, -0.05) is 0 Å². The Kier molecular flexibility index (Phi) is 11.0. The predicted molar refractivity (Wildman–Crippen MR) is 97.9 cm³/mol. The first-order valence-corrected chi connectivity index (χ1v) is 8.27. The molecular weight excluding hydrogens is 359 g/mol. The van der Waals surface area contributed by atoms with Gasteiger partial charge < -0.3 is 15.8 Å². The number of carbonyl (C=O) groups excluding carboxylic acids is 1. The molecule has 2 rings (SSSR count). The van der Waals surface area contributed by atoms with Crippen LogP contribution in [0.3, 0.4) is 0 Å². The van der Waals surface area contributed by atoms with E-state index in [1.807, 2.05) is 0 Å². The number of rotatable bonds is 6. The molecule has 3 N–H and O–H groups in total. The van der Waals surface area contributed by atoms with Crippen molar-refractivity contribution in [2.45, 2.75) is 39.0 Å². The second-order valence-corrected chi connectivity index (χ2v) is 6.40. The number of ether oxygens (including phenoxy) is 1. The Hall–Kier alpha value is -0.440. The topological polar surface area (TPSA) is 80.5 Å². The fraction of sp³-hybridized carbons (Fsp3) is 0.714. The predicted octanol–water partition coefficient (Wildman–Crippen LogP) is 1.67. The molecule has 2 atom stereocenters. The number of morpholine rings is 1. The summed E-state index contributed by atoms with van der Waals surface area (Å²) in [6.45, 7) is 8.14. The van der Waals surface area contributed by atoms with E-state index in [0.29, 0.717) is 18.8 Å². The van der Waals surface area contributed by atoms with Crippen LogP contribution in [-0.2, 0) is 11.3 Å². The third kappa shape index (κ3) is 7.32. The zero-order valence-corrected chi connectivity index (χ0v) is 15.9. The van der Waals surface area contributed by atoms with Crippen LogP contribution in [0.15, 0.2) is 5.38 Å². The molecule has 1 amide bonds. The maximum absolute atomic E-state index is 11.9. The second-order valence-electron chi connectivity index (χ2n) is 5.46. The Morgan fingerprint density at radius 3 is 2.65 bits per heavy atom. The smallest absolute Gasteiger partial charge is 0.270 e. The van der Waals surface area contributed by atoms with Crippen molar-refractivity contribution in [3.8, 4) is 0 Å². The van der Waals surface area contributed by atoms with Gasteiger partial charge in [0.15, 0.2) is 0 Å². The molecule has 1 fully saturated rings. The Bertz CT molecular complexity index is 465. The fourth-order valence-corrected chi connectivity index (χ4v) is 3.23. The summed E-state index contributed by atoms with van der Waals surface area (Å²) in [6.07, 6.45) is 1.50. The van der Waals surface area contributed by atoms with Crippen LogP contribution in [0.4, 0.5) is 0 Å². The average Bonchev–Trinajstić information content (AvgIpc) is 2.91. The van der Waals surface area contributed by atoms with Gasteiger partial charge >= 0.3 is 0 Å². The van der Waals surface area contributed by atoms with Gasteiger partial charge in [0, 0.05) is 38.1 Å². The van der Waals surface area contributed by atoms with E-state index in [9.17, 15) is 4.79 Å². The van der Waals surface area contributed by atoms with E-state index < -0.39 is 0 Å². The quantitative estimate of drug-likeness (QED) is 0.729. The molecule has 2 unspecified atom stereocenters. The van der Waals surface area contributed by atoms with Crippen LogP contribution in [0.5, 0.6) is 0 Å². The number of nitrogens with zero attached hydrogens (tertiary/aromatic N) is 2. The fourth-order valence-electron chi connectivity index (χ4n) is 2.57. The van der Waals surface area contributed by atoms with E-state index >= 15 is 0 Å². The SMILES string of the molecule is CC1CN(CCCNC(=O)c2csc(CN)n2)CC(C)O1.Cl.Cl. The molecule has 0 spiro atoms. The monoisotopic (exact) mass is 384 g/mol. The highest BCUT2D eigenvalue weighted by atomic mass is 35.5. The lowest BCUT2D eigenvalue weighted by atomic mass is 10.2. The Morgan fingerprint density at radius 2 is 2.09 bits per heavy atom. The van der Waals surface area contributed by atoms with Crippen molar-refractivity contribution in [3.05, 3.63) is 16.1 Å². The Labute approximate surface area is 154 Å². The lowest BCUT2D eigenvalue weighted by Gasteiger charge is -2.35. The third-order valence-electron chi connectivity index (χ3n) is 3.39. The van der Waals surface area contributed by atoms with Crippen molar-refractivity contribution in [2.75, 3.05) is 26.2 Å². The summed E-state index contributed by atoms with van der Waals surface area (Å²) in [7, 11) is 0. The first-order chi connectivity index (χ1) is 10.1. The van der Waals surface area contributed by atoms with Gasteiger partial charge in [0.2, 0.25) is 0 Å². The largest absolute Gasteiger partial charge is 0.373 e. The first kappa shape index (κ1) is 22.6. The Balaban J connectivity index is 0.00000242. The summed E-state index contributed by atoms with van der Waals surface area (Å²) in [5.74, 6) is -0.116. The van der Waals surface area contributed by atoms with Gasteiger partial charge in [-0.3, -0.25) is 9.69 Å². The minimum atomic E-state index is -0.116. The maximum atomic E-state index is 11.9. The minimum absolute atomic E-state index is 0. The lowest BCUT2D eigenvalue weighted by Crippen LogP contribution is -2.46. The van der Waals surface area contributed by atoms with Crippen LogP contribution in [-0.4, -0.2) is 54.2 Å². The van der Waals surface area contributed by atoms with Crippen LogP contribution < -0.4 is 11.1 Å². The molecule has 134 valence electrons. The van der Waals surface area contributed by atoms with Gasteiger partial charge in [0.05, 0.1) is 12.2 Å². The highest BCUT2D eigenvalue weighted by Crippen LogP contribution is 2.11. The summed E-state index contributed by atoms with van der Waals surface area (Å²) in [5, 5.41) is 5.45. The molecule has 9 heteroatoms. The van der Waals surface area contributed by atoms with Gasteiger partial charge in [0.25, 0.3) is 5.91 Å². The van der Waals surface area contributed by atoms with Crippen molar-refractivity contribution in [2.24, 2.45) is 5.73 Å². The molecule has 6 nitrogen and oxygen atoms in total. The number of aromatic nitrogens is 1. The van der Waals surface area contributed by atoms with E-state index in [1.54, 1.807) is 5.38 Å². The molecule has 1 aliphatic heterocycles. The van der Waals surface area contributed by atoms with Crippen molar-refractivity contribution in [1.29, 1.82) is 0 Å². The van der Waals surface area contributed by atoms with Crippen LogP contribution in [0.25, 0.3) is 0 Å². The van der Waals surface area contributed by atoms with E-state index in [2.05, 4.69) is 29.0 Å². The molecule has 0 bridgehead atoms. The van der Waals surface area contributed by atoms with E-state index in [1.165, 1.54) is 11.3 Å². The van der Waals surface area contributed by atoms with Gasteiger partial charge in [-0.15, -0.1) is 36.2 Å². The zero-order chi connectivity index (χ0) is 15.2. The zero-order valence-electron chi connectivity index (χ0n) is 13.5. The lowest BCUT2D eigenvalue weighted by molar-refractivity contribution is -0.0679. The first-order valence-electron chi connectivity index (χ1n) is 7.39. The number of nitrogens with one attached hydrogen (secondary N) is 1. The molecule has 1 saturated heterocycles. The molecular formula is C14H26Cl2N4O2S. The Morgan fingerprint density at radius 1 is 1.43 bits per heavy atom. The second kappa shape index (κ2) is 11.2. The van der Waals surface area contributed by atoms with Crippen LogP contribution in [0.1, 0.15) is 35.8 Å². The number of amides is 1. The summed E-state index contributed by atoms with van der Waals surface area (Å²) >= 11 is 1.42. The van der Waals surface area contributed by atoms with Crippen LogP contribution >= 0.6 is 36.2 Å². The number of nitrogens with two attached hydrogens (primary N) is 1. The number of hydrogen-bond donors (Lipinski definition) is 2. The summed E-state index contributed by atoms with van der Waals surface area (Å²) in [5.41, 5.74) is 5.96. The van der Waals surface area contributed by atoms with E-state index in [-0.39, 0.29) is 42.9 Å². The van der Waals surface area contributed by atoms with Crippen LogP contribution in [0.2, 0.25) is 0 Å². The molecule has 23 heavy (non-hydrogen) atoms. The summed E-state index contributed by atoms with van der Waals surface area (Å²) in [4.78, 5) is 18.4. The summed E-state index contributed by atoms with van der Waals surface area (Å²) in [6, 6.07) is 0. The third-order valence-corrected chi connectivity index (χ3v) is 4.26. The molecule has 0 radical (unpaired) electrons. The van der Waals surface area contributed by atoms with E-state index in [4.69, 9.17) is 10.5 Å². The highest BCUT2D eigenvalue weighted by Gasteiger charge is 2.21. The molecule has 0 aromatic carbocycles. The number of hydrogen-bond acceptors (Lipinski definition) is 6. The average molecular weight is 385 g/mol. The number of thiazole rings is 1. The minimum Gasteiger partial charge on any atom is -0.373 e. The molecule has 0 aliphatic carbocycles. The highest BCUT2D eigenvalue weighted by molar-refractivity contribution is 7.09. The molecule has 1 aliphatic rings. The van der Waals surface area contributed by atoms with Gasteiger partial charge in [-0.25, -0.2) is 4.98 Å². The van der Waals surface area contributed by atoms with Crippen LogP contribution in [0, 0.1) is 0 Å². The van der Waals surface area contributed by atoms with Crippen molar-refractivity contribution >= 4 is 42.1 Å². The van der Waals surface area contributed by atoms with Gasteiger partial charge in [-0.2, -0.15) is 0 Å². The normalized spacial score (nSPS) is 21.2. The van der Waals surface area contributed by atoms with Crippen molar-refractivity contribution in [3.63, 3.8) is 0 Å². The van der Waals surface area contributed by atoms with Gasteiger partial charge in [-0.05, 0) is 20.3 Å². The molecule has 1 aromatic heterocycles. The van der Waals surface area contributed by atoms with Crippen molar-refractivity contribution in [1.82, 2.24) is 15.2 Å². The molecule has 2 heterocycles. The number of halogens is 2. The van der Waals surface area contributed by atoms with E-state index in [0.717, 1.165) is 31.1 Å².